The Morgan fingerprint density at radius 2 is 1.71 bits per heavy atom. The van der Waals surface area contributed by atoms with Crippen molar-refractivity contribution in [3.63, 3.8) is 0 Å². The number of para-hydroxylation sites is 1. The monoisotopic (exact) mass is 280 g/mol. The standard InChI is InChI=1S/C15H12N4O2/c16-14-13(10-6-2-1-3-7-10)17-18-19(14)12-9-5-4-8-11(12)15(20)21/h1-9H,16H2,(H,20,21). The van der Waals surface area contributed by atoms with Gasteiger partial charge in [-0.1, -0.05) is 47.7 Å². The fourth-order valence-electron chi connectivity index (χ4n) is 2.11. The van der Waals surface area contributed by atoms with Crippen molar-refractivity contribution in [1.82, 2.24) is 15.0 Å². The molecule has 3 N–H and O–H groups in total. The fourth-order valence-corrected chi connectivity index (χ4v) is 2.11. The van der Waals surface area contributed by atoms with Crippen LogP contribution in [0.25, 0.3) is 16.9 Å². The lowest BCUT2D eigenvalue weighted by Gasteiger charge is -2.06. The zero-order chi connectivity index (χ0) is 14.8. The molecule has 21 heavy (non-hydrogen) atoms. The van der Waals surface area contributed by atoms with Gasteiger partial charge in [0.15, 0.2) is 5.82 Å². The second-order valence-corrected chi connectivity index (χ2v) is 4.42. The molecule has 0 aliphatic carbocycles. The molecule has 1 aromatic heterocycles. The number of aromatic carboxylic acids is 1. The van der Waals surface area contributed by atoms with E-state index in [0.29, 0.717) is 17.2 Å². The highest BCUT2D eigenvalue weighted by molar-refractivity contribution is 5.92. The van der Waals surface area contributed by atoms with Crippen LogP contribution in [0.2, 0.25) is 0 Å². The highest BCUT2D eigenvalue weighted by atomic mass is 16.4. The Kier molecular flexibility index (Phi) is 3.12. The molecule has 1 heterocycles. The number of carboxylic acid groups (broad SMARTS) is 1. The van der Waals surface area contributed by atoms with Crippen molar-refractivity contribution in [1.29, 1.82) is 0 Å². The third kappa shape index (κ3) is 2.23. The molecule has 0 saturated heterocycles. The zero-order valence-corrected chi connectivity index (χ0v) is 11.0. The topological polar surface area (TPSA) is 94.0 Å². The van der Waals surface area contributed by atoms with Gasteiger partial charge >= 0.3 is 5.97 Å². The summed E-state index contributed by atoms with van der Waals surface area (Å²) in [5.41, 5.74) is 7.94. The SMILES string of the molecule is Nc1c(-c2ccccc2)nnn1-c1ccccc1C(=O)O. The van der Waals surface area contributed by atoms with Gasteiger partial charge in [-0.2, -0.15) is 4.68 Å². The summed E-state index contributed by atoms with van der Waals surface area (Å²) >= 11 is 0. The van der Waals surface area contributed by atoms with Gasteiger partial charge in [-0.3, -0.25) is 0 Å². The van der Waals surface area contributed by atoms with Gasteiger partial charge in [-0.05, 0) is 12.1 Å². The minimum absolute atomic E-state index is 0.119. The van der Waals surface area contributed by atoms with E-state index in [0.717, 1.165) is 5.56 Å². The predicted octanol–water partition coefficient (Wildman–Crippen LogP) is 2.21. The number of aromatic nitrogens is 3. The molecule has 3 rings (SSSR count). The molecular formula is C15H12N4O2. The summed E-state index contributed by atoms with van der Waals surface area (Å²) in [6.45, 7) is 0. The Balaban J connectivity index is 2.14. The molecule has 6 heteroatoms. The van der Waals surface area contributed by atoms with E-state index in [2.05, 4.69) is 10.3 Å². The van der Waals surface area contributed by atoms with Crippen LogP contribution in [0.3, 0.4) is 0 Å². The number of hydrogen-bond donors (Lipinski definition) is 2. The second kappa shape index (κ2) is 5.09. The molecule has 0 aliphatic heterocycles. The van der Waals surface area contributed by atoms with Crippen molar-refractivity contribution in [3.05, 3.63) is 60.2 Å². The van der Waals surface area contributed by atoms with Crippen LogP contribution in [0, 0.1) is 0 Å². The van der Waals surface area contributed by atoms with E-state index in [1.54, 1.807) is 18.2 Å². The number of hydrogen-bond acceptors (Lipinski definition) is 4. The van der Waals surface area contributed by atoms with Crippen molar-refractivity contribution in [3.8, 4) is 16.9 Å². The predicted molar refractivity (Wildman–Crippen MR) is 78.2 cm³/mol. The molecule has 2 aromatic carbocycles. The van der Waals surface area contributed by atoms with E-state index in [1.807, 2.05) is 30.3 Å². The molecule has 0 bridgehead atoms. The minimum Gasteiger partial charge on any atom is -0.478 e. The number of nitrogens with zero attached hydrogens (tertiary/aromatic N) is 3. The summed E-state index contributed by atoms with van der Waals surface area (Å²) < 4.78 is 1.34. The molecule has 0 spiro atoms. The van der Waals surface area contributed by atoms with Crippen LogP contribution < -0.4 is 5.73 Å². The first kappa shape index (κ1) is 12.9. The maximum absolute atomic E-state index is 11.3. The van der Waals surface area contributed by atoms with Gasteiger partial charge in [0.1, 0.15) is 5.69 Å². The number of nitrogens with two attached hydrogens (primary N) is 1. The van der Waals surface area contributed by atoms with Gasteiger partial charge in [0, 0.05) is 5.56 Å². The molecule has 3 aromatic rings. The summed E-state index contributed by atoms with van der Waals surface area (Å²) in [6, 6.07) is 15.9. The second-order valence-electron chi connectivity index (χ2n) is 4.42. The quantitative estimate of drug-likeness (QED) is 0.767. The number of carboxylic acids is 1. The molecule has 0 unspecified atom stereocenters. The third-order valence-corrected chi connectivity index (χ3v) is 3.11. The molecule has 0 fully saturated rings. The summed E-state index contributed by atoms with van der Waals surface area (Å²) in [5, 5.41) is 17.3. The number of rotatable bonds is 3. The van der Waals surface area contributed by atoms with Crippen molar-refractivity contribution < 1.29 is 9.90 Å². The summed E-state index contributed by atoms with van der Waals surface area (Å²) in [4.78, 5) is 11.3. The lowest BCUT2D eigenvalue weighted by Crippen LogP contribution is -2.09. The first-order valence-corrected chi connectivity index (χ1v) is 6.28. The van der Waals surface area contributed by atoms with E-state index < -0.39 is 5.97 Å². The molecule has 6 nitrogen and oxygen atoms in total. The van der Waals surface area contributed by atoms with Crippen LogP contribution in [-0.4, -0.2) is 26.1 Å². The molecule has 0 aliphatic rings. The number of anilines is 1. The number of nitrogen functional groups attached to an aromatic ring is 1. The van der Waals surface area contributed by atoms with Crippen LogP contribution in [0.4, 0.5) is 5.82 Å². The molecular weight excluding hydrogens is 268 g/mol. The Labute approximate surface area is 120 Å². The van der Waals surface area contributed by atoms with Gasteiger partial charge in [-0.15, -0.1) is 5.10 Å². The number of benzene rings is 2. The normalized spacial score (nSPS) is 10.5. The van der Waals surface area contributed by atoms with E-state index >= 15 is 0 Å². The lowest BCUT2D eigenvalue weighted by atomic mass is 10.1. The smallest absolute Gasteiger partial charge is 0.337 e. The van der Waals surface area contributed by atoms with Crippen molar-refractivity contribution >= 4 is 11.8 Å². The molecule has 0 atom stereocenters. The first-order chi connectivity index (χ1) is 10.2. The highest BCUT2D eigenvalue weighted by Crippen LogP contribution is 2.26. The van der Waals surface area contributed by atoms with E-state index in [9.17, 15) is 9.90 Å². The Morgan fingerprint density at radius 1 is 1.05 bits per heavy atom. The number of carbonyl (C=O) groups is 1. The maximum Gasteiger partial charge on any atom is 0.337 e. The van der Waals surface area contributed by atoms with Crippen LogP contribution in [0.1, 0.15) is 10.4 Å². The fraction of sp³-hybridized carbons (Fsp3) is 0. The van der Waals surface area contributed by atoms with Crippen LogP contribution in [0.15, 0.2) is 54.6 Å². The minimum atomic E-state index is -1.04. The Bertz CT molecular complexity index is 796. The summed E-state index contributed by atoms with van der Waals surface area (Å²) in [5.74, 6) is -0.739. The van der Waals surface area contributed by atoms with Gasteiger partial charge in [0.05, 0.1) is 11.3 Å². The van der Waals surface area contributed by atoms with E-state index in [1.165, 1.54) is 10.7 Å². The average Bonchev–Trinajstić information content (AvgIpc) is 2.89. The van der Waals surface area contributed by atoms with Gasteiger partial charge in [-0.25, -0.2) is 4.79 Å². The average molecular weight is 280 g/mol. The largest absolute Gasteiger partial charge is 0.478 e. The first-order valence-electron chi connectivity index (χ1n) is 6.28. The third-order valence-electron chi connectivity index (χ3n) is 3.11. The maximum atomic E-state index is 11.3. The van der Waals surface area contributed by atoms with Crippen molar-refractivity contribution in [2.45, 2.75) is 0 Å². The van der Waals surface area contributed by atoms with Gasteiger partial charge in [0.2, 0.25) is 0 Å². The summed E-state index contributed by atoms with van der Waals surface area (Å²) in [7, 11) is 0. The van der Waals surface area contributed by atoms with Crippen molar-refractivity contribution in [2.75, 3.05) is 5.73 Å². The van der Waals surface area contributed by atoms with Crippen LogP contribution in [0.5, 0.6) is 0 Å². The van der Waals surface area contributed by atoms with Crippen LogP contribution in [-0.2, 0) is 0 Å². The van der Waals surface area contributed by atoms with E-state index in [4.69, 9.17) is 5.73 Å². The summed E-state index contributed by atoms with van der Waals surface area (Å²) in [6.07, 6.45) is 0. The van der Waals surface area contributed by atoms with Gasteiger partial charge < -0.3 is 10.8 Å². The lowest BCUT2D eigenvalue weighted by molar-refractivity contribution is 0.0697. The van der Waals surface area contributed by atoms with Crippen molar-refractivity contribution in [2.24, 2.45) is 0 Å². The van der Waals surface area contributed by atoms with Gasteiger partial charge in [0.25, 0.3) is 0 Å². The Hall–Kier alpha value is -3.15. The molecule has 0 radical (unpaired) electrons. The molecule has 0 saturated carbocycles. The van der Waals surface area contributed by atoms with Crippen LogP contribution >= 0.6 is 0 Å². The highest BCUT2D eigenvalue weighted by Gasteiger charge is 2.17. The molecule has 0 amide bonds. The zero-order valence-electron chi connectivity index (χ0n) is 11.0. The van der Waals surface area contributed by atoms with E-state index in [-0.39, 0.29) is 5.56 Å². The molecule has 104 valence electrons. The Morgan fingerprint density at radius 3 is 2.43 bits per heavy atom.